The van der Waals surface area contributed by atoms with Gasteiger partial charge in [0.2, 0.25) is 0 Å². The smallest absolute Gasteiger partial charge is 0.323 e. The Balaban J connectivity index is 2.99. The third-order valence-electron chi connectivity index (χ3n) is 2.57. The molecule has 0 heterocycles. The van der Waals surface area contributed by atoms with E-state index in [-0.39, 0.29) is 18.2 Å². The van der Waals surface area contributed by atoms with Gasteiger partial charge in [-0.2, -0.15) is 0 Å². The van der Waals surface area contributed by atoms with Gasteiger partial charge in [0, 0.05) is 17.3 Å². The summed E-state index contributed by atoms with van der Waals surface area (Å²) in [4.78, 5) is 35.1. The summed E-state index contributed by atoms with van der Waals surface area (Å²) in [6, 6.07) is 5.17. The van der Waals surface area contributed by atoms with Gasteiger partial charge in [-0.3, -0.25) is 9.59 Å². The van der Waals surface area contributed by atoms with Crippen molar-refractivity contribution in [3.05, 3.63) is 29.8 Å². The first kappa shape index (κ1) is 15.5. The molecule has 7 heteroatoms. The maximum Gasteiger partial charge on any atom is 0.323 e. The standard InChI is InChI=1S/C13H17N3O4/c1-8(2)16(7-11(17)18)12(19)9-4-3-5-10(6-9)15-13(14)20/h3-6,8H,7H2,1-2H3,(H,17,18)(H3,14,15,20). The Morgan fingerprint density at radius 2 is 2.00 bits per heavy atom. The highest BCUT2D eigenvalue weighted by molar-refractivity contribution is 5.98. The number of carboxylic acids is 1. The largest absolute Gasteiger partial charge is 0.480 e. The lowest BCUT2D eigenvalue weighted by Gasteiger charge is -2.25. The summed E-state index contributed by atoms with van der Waals surface area (Å²) in [5.41, 5.74) is 5.66. The van der Waals surface area contributed by atoms with E-state index in [1.165, 1.54) is 11.0 Å². The van der Waals surface area contributed by atoms with Crippen molar-refractivity contribution in [1.29, 1.82) is 0 Å². The highest BCUT2D eigenvalue weighted by Crippen LogP contribution is 2.14. The number of carbonyl (C=O) groups is 3. The molecule has 0 bridgehead atoms. The number of nitrogens with zero attached hydrogens (tertiary/aromatic N) is 1. The molecule has 0 unspecified atom stereocenters. The molecule has 0 saturated carbocycles. The second-order valence-corrected chi connectivity index (χ2v) is 4.49. The summed E-state index contributed by atoms with van der Waals surface area (Å²) < 4.78 is 0. The van der Waals surface area contributed by atoms with Gasteiger partial charge in [-0.1, -0.05) is 6.07 Å². The van der Waals surface area contributed by atoms with Crippen LogP contribution >= 0.6 is 0 Å². The zero-order valence-electron chi connectivity index (χ0n) is 11.3. The zero-order valence-corrected chi connectivity index (χ0v) is 11.3. The highest BCUT2D eigenvalue weighted by atomic mass is 16.4. The van der Waals surface area contributed by atoms with Crippen LogP contribution in [-0.4, -0.2) is 40.5 Å². The molecule has 0 spiro atoms. The number of hydrogen-bond acceptors (Lipinski definition) is 3. The number of nitrogens with two attached hydrogens (primary N) is 1. The number of urea groups is 1. The van der Waals surface area contributed by atoms with Crippen molar-refractivity contribution < 1.29 is 19.5 Å². The molecule has 0 aliphatic heterocycles. The second-order valence-electron chi connectivity index (χ2n) is 4.49. The average molecular weight is 279 g/mol. The lowest BCUT2D eigenvalue weighted by Crippen LogP contribution is -2.40. The van der Waals surface area contributed by atoms with Crippen molar-refractivity contribution in [2.45, 2.75) is 19.9 Å². The minimum atomic E-state index is -1.08. The Morgan fingerprint density at radius 3 is 2.50 bits per heavy atom. The number of anilines is 1. The molecule has 0 fully saturated rings. The predicted octanol–water partition coefficient (Wildman–Crippen LogP) is 1.11. The molecule has 4 N–H and O–H groups in total. The maximum atomic E-state index is 12.3. The molecule has 3 amide bonds. The van der Waals surface area contributed by atoms with Crippen molar-refractivity contribution in [2.75, 3.05) is 11.9 Å². The summed E-state index contributed by atoms with van der Waals surface area (Å²) in [6.45, 7) is 3.07. The lowest BCUT2D eigenvalue weighted by atomic mass is 10.1. The molecule has 1 rings (SSSR count). The molecule has 108 valence electrons. The quantitative estimate of drug-likeness (QED) is 0.749. The molecule has 0 saturated heterocycles. The van der Waals surface area contributed by atoms with Crippen molar-refractivity contribution in [1.82, 2.24) is 4.90 Å². The van der Waals surface area contributed by atoms with E-state index in [0.29, 0.717) is 5.69 Å². The van der Waals surface area contributed by atoms with Crippen LogP contribution in [0.25, 0.3) is 0 Å². The van der Waals surface area contributed by atoms with Crippen LogP contribution in [0.15, 0.2) is 24.3 Å². The fourth-order valence-corrected chi connectivity index (χ4v) is 1.67. The number of benzene rings is 1. The molecular formula is C13H17N3O4. The van der Waals surface area contributed by atoms with Gasteiger partial charge in [0.15, 0.2) is 0 Å². The van der Waals surface area contributed by atoms with Crippen LogP contribution in [0.4, 0.5) is 10.5 Å². The number of carbonyl (C=O) groups excluding carboxylic acids is 2. The number of aliphatic carboxylic acids is 1. The van der Waals surface area contributed by atoms with Gasteiger partial charge in [-0.05, 0) is 32.0 Å². The second kappa shape index (κ2) is 6.55. The van der Waals surface area contributed by atoms with Gasteiger partial charge >= 0.3 is 12.0 Å². The van der Waals surface area contributed by atoms with E-state index in [1.54, 1.807) is 32.0 Å². The molecule has 0 aliphatic rings. The van der Waals surface area contributed by atoms with E-state index in [0.717, 1.165) is 0 Å². The SMILES string of the molecule is CC(C)N(CC(=O)O)C(=O)c1cccc(NC(N)=O)c1. The summed E-state index contributed by atoms with van der Waals surface area (Å²) in [7, 11) is 0. The number of nitrogens with one attached hydrogen (secondary N) is 1. The van der Waals surface area contributed by atoms with Gasteiger partial charge in [0.05, 0.1) is 0 Å². The summed E-state index contributed by atoms with van der Waals surface area (Å²) in [6.07, 6.45) is 0. The molecule has 7 nitrogen and oxygen atoms in total. The van der Waals surface area contributed by atoms with E-state index >= 15 is 0 Å². The molecule has 0 radical (unpaired) electrons. The Bertz CT molecular complexity index is 528. The number of primary amides is 1. The summed E-state index contributed by atoms with van der Waals surface area (Å²) >= 11 is 0. The van der Waals surface area contributed by atoms with E-state index in [1.807, 2.05) is 0 Å². The van der Waals surface area contributed by atoms with Crippen LogP contribution in [0.1, 0.15) is 24.2 Å². The number of rotatable bonds is 5. The molecule has 0 aromatic heterocycles. The van der Waals surface area contributed by atoms with Crippen LogP contribution in [0, 0.1) is 0 Å². The van der Waals surface area contributed by atoms with Gasteiger partial charge in [0.25, 0.3) is 5.91 Å². The third kappa shape index (κ3) is 4.27. The Morgan fingerprint density at radius 1 is 1.35 bits per heavy atom. The minimum Gasteiger partial charge on any atom is -0.480 e. The third-order valence-corrected chi connectivity index (χ3v) is 2.57. The molecular weight excluding hydrogens is 262 g/mol. The van der Waals surface area contributed by atoms with E-state index < -0.39 is 17.9 Å². The molecule has 20 heavy (non-hydrogen) atoms. The predicted molar refractivity (Wildman–Crippen MR) is 73.5 cm³/mol. The first-order valence-corrected chi connectivity index (χ1v) is 6.00. The van der Waals surface area contributed by atoms with E-state index in [4.69, 9.17) is 10.8 Å². The van der Waals surface area contributed by atoms with Crippen molar-refractivity contribution >= 4 is 23.6 Å². The molecule has 1 aromatic rings. The Kier molecular flexibility index (Phi) is 5.08. The van der Waals surface area contributed by atoms with Crippen LogP contribution in [0.3, 0.4) is 0 Å². The zero-order chi connectivity index (χ0) is 15.3. The van der Waals surface area contributed by atoms with Gasteiger partial charge in [-0.25, -0.2) is 4.79 Å². The van der Waals surface area contributed by atoms with Crippen molar-refractivity contribution in [3.63, 3.8) is 0 Å². The summed E-state index contributed by atoms with van der Waals surface area (Å²) in [5, 5.41) is 11.2. The van der Waals surface area contributed by atoms with Crippen molar-refractivity contribution in [2.24, 2.45) is 5.73 Å². The monoisotopic (exact) mass is 279 g/mol. The van der Waals surface area contributed by atoms with E-state index in [9.17, 15) is 14.4 Å². The number of hydrogen-bond donors (Lipinski definition) is 3. The van der Waals surface area contributed by atoms with Gasteiger partial charge in [0.1, 0.15) is 6.54 Å². The van der Waals surface area contributed by atoms with Gasteiger partial charge in [-0.15, -0.1) is 0 Å². The lowest BCUT2D eigenvalue weighted by molar-refractivity contribution is -0.138. The van der Waals surface area contributed by atoms with Gasteiger partial charge < -0.3 is 21.1 Å². The highest BCUT2D eigenvalue weighted by Gasteiger charge is 2.21. The first-order chi connectivity index (χ1) is 9.31. The first-order valence-electron chi connectivity index (χ1n) is 6.00. The number of amides is 3. The van der Waals surface area contributed by atoms with Crippen LogP contribution in [-0.2, 0) is 4.79 Å². The van der Waals surface area contributed by atoms with Crippen LogP contribution in [0.5, 0.6) is 0 Å². The van der Waals surface area contributed by atoms with Crippen molar-refractivity contribution in [3.8, 4) is 0 Å². The Labute approximate surface area is 116 Å². The fraction of sp³-hybridized carbons (Fsp3) is 0.308. The number of carboxylic acid groups (broad SMARTS) is 1. The average Bonchev–Trinajstić information content (AvgIpc) is 2.34. The van der Waals surface area contributed by atoms with E-state index in [2.05, 4.69) is 5.32 Å². The summed E-state index contributed by atoms with van der Waals surface area (Å²) in [5.74, 6) is -1.51. The molecule has 0 atom stereocenters. The fourth-order valence-electron chi connectivity index (χ4n) is 1.67. The normalized spacial score (nSPS) is 10.2. The van der Waals surface area contributed by atoms with Crippen LogP contribution in [0.2, 0.25) is 0 Å². The molecule has 0 aliphatic carbocycles. The minimum absolute atomic E-state index is 0.258. The topological polar surface area (TPSA) is 113 Å². The van der Waals surface area contributed by atoms with Crippen LogP contribution < -0.4 is 11.1 Å². The molecule has 1 aromatic carbocycles. The Hall–Kier alpha value is -2.57. The maximum absolute atomic E-state index is 12.3.